The van der Waals surface area contributed by atoms with Crippen molar-refractivity contribution in [3.05, 3.63) is 135 Å². The summed E-state index contributed by atoms with van der Waals surface area (Å²) in [6.07, 6.45) is 4.02. The van der Waals surface area contributed by atoms with Gasteiger partial charge in [0.1, 0.15) is 0 Å². The van der Waals surface area contributed by atoms with Crippen LogP contribution in [0.3, 0.4) is 0 Å². The summed E-state index contributed by atoms with van der Waals surface area (Å²) >= 11 is 14.0. The van der Waals surface area contributed by atoms with E-state index in [1.54, 1.807) is 11.0 Å². The summed E-state index contributed by atoms with van der Waals surface area (Å²) in [6.45, 7) is 0.581. The highest BCUT2D eigenvalue weighted by Gasteiger charge is 2.35. The number of fused-ring (bicyclic) bond motifs is 1. The molecule has 0 bridgehead atoms. The summed E-state index contributed by atoms with van der Waals surface area (Å²) in [5.41, 5.74) is 4.55. The van der Waals surface area contributed by atoms with E-state index in [-0.39, 0.29) is 5.91 Å². The number of nitrogens with zero attached hydrogens (tertiary/aromatic N) is 3. The molecule has 1 amide bonds. The molecule has 1 saturated heterocycles. The molecule has 0 atom stereocenters. The minimum Gasteiger partial charge on any atom is -0.342 e. The first-order valence-corrected chi connectivity index (χ1v) is 13.6. The molecule has 4 nitrogen and oxygen atoms in total. The van der Waals surface area contributed by atoms with Gasteiger partial charge in [0.2, 0.25) is 0 Å². The molecular formula is C31H21Cl2N3OS. The zero-order valence-corrected chi connectivity index (χ0v) is 22.4. The van der Waals surface area contributed by atoms with E-state index in [0.29, 0.717) is 26.7 Å². The van der Waals surface area contributed by atoms with E-state index in [0.717, 1.165) is 33.4 Å². The number of hydrogen-bond donors (Lipinski definition) is 0. The first-order chi connectivity index (χ1) is 18.6. The fraction of sp³-hybridized carbons (Fsp3) is 0.0323. The highest BCUT2D eigenvalue weighted by molar-refractivity contribution is 8.19. The minimum absolute atomic E-state index is 0.103. The first-order valence-electron chi connectivity index (χ1n) is 12.0. The van der Waals surface area contributed by atoms with Gasteiger partial charge in [0, 0.05) is 39.3 Å². The molecule has 0 saturated carbocycles. The lowest BCUT2D eigenvalue weighted by molar-refractivity contribution is -0.113. The van der Waals surface area contributed by atoms with Crippen LogP contribution in [0, 0.1) is 0 Å². The highest BCUT2D eigenvalue weighted by atomic mass is 35.5. The molecule has 5 aromatic rings. The van der Waals surface area contributed by atoms with Crippen LogP contribution in [0.1, 0.15) is 11.1 Å². The molecule has 0 unspecified atom stereocenters. The lowest BCUT2D eigenvalue weighted by Crippen LogP contribution is -2.28. The van der Waals surface area contributed by atoms with Gasteiger partial charge in [-0.2, -0.15) is 0 Å². The van der Waals surface area contributed by atoms with Crippen LogP contribution in [0.4, 0.5) is 11.4 Å². The van der Waals surface area contributed by atoms with Crippen molar-refractivity contribution in [2.75, 3.05) is 4.90 Å². The van der Waals surface area contributed by atoms with Crippen LogP contribution in [0.25, 0.3) is 17.0 Å². The number of benzene rings is 4. The zero-order chi connectivity index (χ0) is 26.1. The number of thioether (sulfide) groups is 1. The van der Waals surface area contributed by atoms with Gasteiger partial charge < -0.3 is 4.57 Å². The predicted octanol–water partition coefficient (Wildman–Crippen LogP) is 8.81. The molecule has 38 heavy (non-hydrogen) atoms. The van der Waals surface area contributed by atoms with Crippen molar-refractivity contribution in [1.29, 1.82) is 0 Å². The molecule has 2 heterocycles. The van der Waals surface area contributed by atoms with Crippen LogP contribution in [0.2, 0.25) is 10.0 Å². The van der Waals surface area contributed by atoms with Crippen LogP contribution in [-0.4, -0.2) is 15.6 Å². The Morgan fingerprint density at radius 2 is 1.55 bits per heavy atom. The van der Waals surface area contributed by atoms with Gasteiger partial charge in [-0.25, -0.2) is 4.99 Å². The summed E-state index contributed by atoms with van der Waals surface area (Å²) in [6, 6.07) is 33.0. The molecule has 0 N–H and O–H groups in total. The summed E-state index contributed by atoms with van der Waals surface area (Å²) in [5.74, 6) is -0.103. The largest absolute Gasteiger partial charge is 0.342 e. The van der Waals surface area contributed by atoms with Crippen LogP contribution in [0.5, 0.6) is 0 Å². The summed E-state index contributed by atoms with van der Waals surface area (Å²) in [5, 5.41) is 2.90. The third-order valence-electron chi connectivity index (χ3n) is 6.26. The topological polar surface area (TPSA) is 37.6 Å². The van der Waals surface area contributed by atoms with Crippen molar-refractivity contribution in [3.8, 4) is 0 Å². The fourth-order valence-electron chi connectivity index (χ4n) is 4.46. The Morgan fingerprint density at radius 3 is 2.32 bits per heavy atom. The quantitative estimate of drug-likeness (QED) is 0.204. The molecule has 7 heteroatoms. The second kappa shape index (κ2) is 10.5. The van der Waals surface area contributed by atoms with Crippen molar-refractivity contribution in [1.82, 2.24) is 4.57 Å². The molecule has 6 rings (SSSR count). The first kappa shape index (κ1) is 24.6. The summed E-state index contributed by atoms with van der Waals surface area (Å²) in [7, 11) is 0. The van der Waals surface area contributed by atoms with Gasteiger partial charge in [0.05, 0.1) is 16.3 Å². The number of rotatable bonds is 5. The van der Waals surface area contributed by atoms with E-state index >= 15 is 0 Å². The Hall–Kier alpha value is -3.77. The minimum atomic E-state index is -0.103. The number of aromatic nitrogens is 1. The average Bonchev–Trinajstić information content (AvgIpc) is 3.43. The maximum atomic E-state index is 13.7. The Bertz CT molecular complexity index is 1710. The maximum absolute atomic E-state index is 13.7. The van der Waals surface area contributed by atoms with E-state index in [1.807, 2.05) is 91.0 Å². The van der Waals surface area contributed by atoms with E-state index in [1.165, 1.54) is 11.8 Å². The van der Waals surface area contributed by atoms with E-state index in [9.17, 15) is 4.79 Å². The smallest absolute Gasteiger partial charge is 0.271 e. The van der Waals surface area contributed by atoms with Gasteiger partial charge in [0.15, 0.2) is 5.17 Å². The SMILES string of the molecule is O=C1/C(=C/c2cn(Cc3ccc(Cl)cc3Cl)c3ccccc23)SC(=Nc2ccccc2)N1c1ccccc1. The third-order valence-corrected chi connectivity index (χ3v) is 7.82. The van der Waals surface area contributed by atoms with Crippen molar-refractivity contribution in [2.24, 2.45) is 4.99 Å². The Balaban J connectivity index is 1.42. The number of para-hydroxylation sites is 3. The zero-order valence-electron chi connectivity index (χ0n) is 20.1. The van der Waals surface area contributed by atoms with Gasteiger partial charge in [-0.3, -0.25) is 9.69 Å². The average molecular weight is 555 g/mol. The lowest BCUT2D eigenvalue weighted by Gasteiger charge is -2.15. The van der Waals surface area contributed by atoms with Gasteiger partial charge in [0.25, 0.3) is 5.91 Å². The van der Waals surface area contributed by atoms with E-state index in [4.69, 9.17) is 28.2 Å². The molecule has 1 aliphatic rings. The number of aliphatic imine (C=N–C) groups is 1. The molecule has 1 fully saturated rings. The number of halogens is 2. The monoisotopic (exact) mass is 553 g/mol. The van der Waals surface area contributed by atoms with Crippen molar-refractivity contribution in [3.63, 3.8) is 0 Å². The molecular weight excluding hydrogens is 533 g/mol. The standard InChI is InChI=1S/C31H21Cl2N3OS/c32-23-16-15-21(27(33)18-23)19-35-20-22(26-13-7-8-14-28(26)35)17-29-30(37)36(25-11-5-2-6-12-25)31(38-29)34-24-9-3-1-4-10-24/h1-18,20H,19H2/b29-17-,34-31?. The molecule has 186 valence electrons. The number of amidine groups is 1. The molecule has 1 aliphatic heterocycles. The molecule has 1 aromatic heterocycles. The number of carbonyl (C=O) groups is 1. The number of hydrogen-bond acceptors (Lipinski definition) is 3. The van der Waals surface area contributed by atoms with Crippen LogP contribution >= 0.6 is 35.0 Å². The summed E-state index contributed by atoms with van der Waals surface area (Å²) in [4.78, 5) is 20.8. The van der Waals surface area contributed by atoms with Gasteiger partial charge in [-0.15, -0.1) is 0 Å². The van der Waals surface area contributed by atoms with Crippen LogP contribution < -0.4 is 4.90 Å². The molecule has 4 aromatic carbocycles. The molecule has 0 radical (unpaired) electrons. The predicted molar refractivity (Wildman–Crippen MR) is 161 cm³/mol. The van der Waals surface area contributed by atoms with E-state index < -0.39 is 0 Å². The molecule has 0 spiro atoms. The number of amides is 1. The second-order valence-corrected chi connectivity index (χ2v) is 10.6. The highest BCUT2D eigenvalue weighted by Crippen LogP contribution is 2.38. The normalized spacial score (nSPS) is 15.7. The van der Waals surface area contributed by atoms with Crippen molar-refractivity contribution >= 4 is 74.4 Å². The van der Waals surface area contributed by atoms with Crippen LogP contribution in [0.15, 0.2) is 119 Å². The van der Waals surface area contributed by atoms with Gasteiger partial charge >= 0.3 is 0 Å². The van der Waals surface area contributed by atoms with Crippen LogP contribution in [-0.2, 0) is 11.3 Å². The maximum Gasteiger partial charge on any atom is 0.271 e. The Morgan fingerprint density at radius 1 is 0.842 bits per heavy atom. The fourth-order valence-corrected chi connectivity index (χ4v) is 5.92. The van der Waals surface area contributed by atoms with Crippen molar-refractivity contribution in [2.45, 2.75) is 6.54 Å². The van der Waals surface area contributed by atoms with Gasteiger partial charge in [-0.1, -0.05) is 83.9 Å². The second-order valence-electron chi connectivity index (χ2n) is 8.78. The van der Waals surface area contributed by atoms with Crippen molar-refractivity contribution < 1.29 is 4.79 Å². The lowest BCUT2D eigenvalue weighted by atomic mass is 10.1. The third kappa shape index (κ3) is 4.88. The molecule has 0 aliphatic carbocycles. The Kier molecular flexibility index (Phi) is 6.81. The Labute approximate surface area is 234 Å². The van der Waals surface area contributed by atoms with E-state index in [2.05, 4.69) is 22.9 Å². The number of carbonyl (C=O) groups excluding carboxylic acids is 1. The van der Waals surface area contributed by atoms with Gasteiger partial charge in [-0.05, 0) is 65.9 Å². The number of anilines is 1. The summed E-state index contributed by atoms with van der Waals surface area (Å²) < 4.78 is 2.15.